The molecule has 0 aliphatic heterocycles. The van der Waals surface area contributed by atoms with Crippen LogP contribution in [0.15, 0.2) is 24.3 Å². The van der Waals surface area contributed by atoms with Gasteiger partial charge in [0.1, 0.15) is 17.3 Å². The third-order valence-corrected chi connectivity index (χ3v) is 4.18. The van der Waals surface area contributed by atoms with Crippen molar-refractivity contribution in [3.63, 3.8) is 0 Å². The van der Waals surface area contributed by atoms with Gasteiger partial charge in [0.25, 0.3) is 5.82 Å². The molecule has 0 atom stereocenters. The van der Waals surface area contributed by atoms with E-state index >= 15 is 0 Å². The van der Waals surface area contributed by atoms with Crippen molar-refractivity contribution >= 4 is 11.5 Å². The van der Waals surface area contributed by atoms with Crippen molar-refractivity contribution in [2.45, 2.75) is 27.7 Å². The molecule has 0 fully saturated rings. The quantitative estimate of drug-likeness (QED) is 0.942. The zero-order chi connectivity index (χ0) is 16.3. The number of aromatic amines is 1. The molecule has 0 radical (unpaired) electrons. The monoisotopic (exact) mass is 295 g/mol. The van der Waals surface area contributed by atoms with Crippen molar-refractivity contribution in [2.24, 2.45) is 0 Å². The lowest BCUT2D eigenvalue weighted by Crippen LogP contribution is -2.21. The lowest BCUT2D eigenvalue weighted by molar-refractivity contribution is -0.370. The summed E-state index contributed by atoms with van der Waals surface area (Å²) < 4.78 is 0. The Labute approximate surface area is 132 Å². The topological polar surface area (TPSA) is 67.2 Å². The second-order valence-electron chi connectivity index (χ2n) is 5.37. The fourth-order valence-electron chi connectivity index (χ4n) is 2.77. The van der Waals surface area contributed by atoms with Gasteiger partial charge >= 0.3 is 0 Å². The Hall–Kier alpha value is -2.54. The second-order valence-corrected chi connectivity index (χ2v) is 5.37. The van der Waals surface area contributed by atoms with Crippen molar-refractivity contribution in [3.8, 4) is 17.2 Å². The molecule has 0 aliphatic carbocycles. The first-order valence-corrected chi connectivity index (χ1v) is 7.60. The van der Waals surface area contributed by atoms with Gasteiger partial charge in [-0.2, -0.15) is 5.26 Å². The molecule has 0 saturated heterocycles. The average Bonchev–Trinajstić information content (AvgIpc) is 2.52. The number of hydrogen-bond donors (Lipinski definition) is 1. The summed E-state index contributed by atoms with van der Waals surface area (Å²) in [5.41, 5.74) is 11.7. The molecule has 2 rings (SSSR count). The maximum Gasteiger partial charge on any atom is 0.289 e. The highest BCUT2D eigenvalue weighted by Gasteiger charge is 2.18. The van der Waals surface area contributed by atoms with Gasteiger partial charge in [-0.05, 0) is 45.4 Å². The van der Waals surface area contributed by atoms with E-state index in [-0.39, 0.29) is 0 Å². The maximum atomic E-state index is 9.44. The van der Waals surface area contributed by atoms with Crippen LogP contribution in [0.25, 0.3) is 11.1 Å². The first kappa shape index (κ1) is 15.8. The highest BCUT2D eigenvalue weighted by atomic mass is 15.1. The fraction of sp³-hybridized carbons (Fsp3) is 0.333. The number of nitrogen functional groups attached to an aromatic ring is 1. The summed E-state index contributed by atoms with van der Waals surface area (Å²) in [6.45, 7) is 10.2. The summed E-state index contributed by atoms with van der Waals surface area (Å²) in [4.78, 5) is 5.35. The molecule has 114 valence electrons. The molecule has 3 N–H and O–H groups in total. The van der Waals surface area contributed by atoms with Crippen LogP contribution < -0.4 is 15.6 Å². The summed E-state index contributed by atoms with van der Waals surface area (Å²) in [6, 6.07) is 10.6. The van der Waals surface area contributed by atoms with Crippen LogP contribution in [0.2, 0.25) is 0 Å². The van der Waals surface area contributed by atoms with Crippen LogP contribution in [-0.4, -0.2) is 13.1 Å². The van der Waals surface area contributed by atoms with Crippen LogP contribution in [0.5, 0.6) is 0 Å². The van der Waals surface area contributed by atoms with Gasteiger partial charge in [-0.1, -0.05) is 12.1 Å². The molecule has 0 aliphatic rings. The number of nitriles is 1. The lowest BCUT2D eigenvalue weighted by Gasteiger charge is -2.21. The van der Waals surface area contributed by atoms with Crippen LogP contribution in [0.4, 0.5) is 11.5 Å². The van der Waals surface area contributed by atoms with Gasteiger partial charge in [0.15, 0.2) is 0 Å². The Morgan fingerprint density at radius 1 is 1.14 bits per heavy atom. The van der Waals surface area contributed by atoms with Gasteiger partial charge in [-0.25, -0.2) is 4.98 Å². The summed E-state index contributed by atoms with van der Waals surface area (Å²) in [5, 5.41) is 9.44. The van der Waals surface area contributed by atoms with E-state index in [9.17, 15) is 5.26 Å². The number of nitrogens with one attached hydrogen (secondary N) is 1. The first-order valence-electron chi connectivity index (χ1n) is 7.60. The highest BCUT2D eigenvalue weighted by Crippen LogP contribution is 2.31. The van der Waals surface area contributed by atoms with E-state index in [0.29, 0.717) is 11.4 Å². The van der Waals surface area contributed by atoms with Crippen molar-refractivity contribution in [1.82, 2.24) is 0 Å². The van der Waals surface area contributed by atoms with Crippen molar-refractivity contribution in [3.05, 3.63) is 41.1 Å². The minimum atomic E-state index is 0.424. The van der Waals surface area contributed by atoms with Crippen LogP contribution in [0.1, 0.15) is 30.7 Å². The largest absolute Gasteiger partial charge is 0.372 e. The Morgan fingerprint density at radius 2 is 1.73 bits per heavy atom. The standard InChI is InChI=1S/C18H22N4/c1-5-22(6-2)15-9-7-14(8-10-15)17-12(3)13(4)21-18(20)16(17)11-19/h7-10H,5-6H2,1-4H3,(H2,20,21)/p+1. The van der Waals surface area contributed by atoms with Crippen LogP contribution >= 0.6 is 0 Å². The van der Waals surface area contributed by atoms with Gasteiger partial charge in [0, 0.05) is 29.9 Å². The van der Waals surface area contributed by atoms with Crippen molar-refractivity contribution in [2.75, 3.05) is 23.7 Å². The minimum Gasteiger partial charge on any atom is -0.372 e. The number of benzene rings is 1. The number of hydrogen-bond acceptors (Lipinski definition) is 3. The summed E-state index contributed by atoms with van der Waals surface area (Å²) in [7, 11) is 0. The Morgan fingerprint density at radius 3 is 2.23 bits per heavy atom. The Kier molecular flexibility index (Phi) is 4.67. The number of nitrogens with two attached hydrogens (primary N) is 1. The number of aryl methyl sites for hydroxylation is 1. The first-order chi connectivity index (χ1) is 10.5. The lowest BCUT2D eigenvalue weighted by atomic mass is 9.95. The predicted octanol–water partition coefficient (Wildman–Crippen LogP) is 3.08. The highest BCUT2D eigenvalue weighted by molar-refractivity contribution is 5.78. The normalized spacial score (nSPS) is 10.3. The van der Waals surface area contributed by atoms with Crippen LogP contribution in [-0.2, 0) is 0 Å². The molecule has 0 saturated carbocycles. The fourth-order valence-corrected chi connectivity index (χ4v) is 2.77. The van der Waals surface area contributed by atoms with E-state index < -0.39 is 0 Å². The van der Waals surface area contributed by atoms with Gasteiger partial charge in [-0.15, -0.1) is 0 Å². The van der Waals surface area contributed by atoms with E-state index in [1.165, 1.54) is 5.69 Å². The molecule has 4 heteroatoms. The third-order valence-electron chi connectivity index (χ3n) is 4.18. The molecule has 0 amide bonds. The maximum absolute atomic E-state index is 9.44. The molecule has 1 aromatic heterocycles. The zero-order valence-electron chi connectivity index (χ0n) is 13.7. The van der Waals surface area contributed by atoms with E-state index in [1.54, 1.807) is 0 Å². The number of anilines is 2. The van der Waals surface area contributed by atoms with Crippen molar-refractivity contribution in [1.29, 1.82) is 5.26 Å². The molecule has 1 heterocycles. The molecule has 22 heavy (non-hydrogen) atoms. The van der Waals surface area contributed by atoms with E-state index in [0.717, 1.165) is 35.5 Å². The molecule has 4 nitrogen and oxygen atoms in total. The molecule has 0 spiro atoms. The van der Waals surface area contributed by atoms with Gasteiger partial charge in [0.05, 0.1) is 0 Å². The van der Waals surface area contributed by atoms with E-state index in [1.807, 2.05) is 13.8 Å². The number of rotatable bonds is 4. The average molecular weight is 295 g/mol. The minimum absolute atomic E-state index is 0.424. The number of H-pyrrole nitrogens is 1. The Bertz CT molecular complexity index is 707. The number of nitrogens with zero attached hydrogens (tertiary/aromatic N) is 2. The van der Waals surface area contributed by atoms with Gasteiger partial charge < -0.3 is 4.90 Å². The molecule has 0 unspecified atom stereocenters. The zero-order valence-corrected chi connectivity index (χ0v) is 13.7. The SMILES string of the molecule is CCN(CC)c1ccc(-c2c(C)c(C)[nH+]c(N)c2C#N)cc1. The van der Waals surface area contributed by atoms with E-state index in [2.05, 4.69) is 54.1 Å². The van der Waals surface area contributed by atoms with Crippen LogP contribution in [0.3, 0.4) is 0 Å². The summed E-state index contributed by atoms with van der Waals surface area (Å²) in [6.07, 6.45) is 0. The summed E-state index contributed by atoms with van der Waals surface area (Å²) in [5.74, 6) is 0.424. The number of aromatic nitrogens is 1. The molecular formula is C18H23N4+. The van der Waals surface area contributed by atoms with Gasteiger partial charge in [-0.3, -0.25) is 5.73 Å². The van der Waals surface area contributed by atoms with Crippen molar-refractivity contribution < 1.29 is 4.98 Å². The smallest absolute Gasteiger partial charge is 0.289 e. The van der Waals surface area contributed by atoms with E-state index in [4.69, 9.17) is 5.73 Å². The molecular weight excluding hydrogens is 272 g/mol. The summed E-state index contributed by atoms with van der Waals surface area (Å²) >= 11 is 0. The molecule has 1 aromatic carbocycles. The number of pyridine rings is 1. The molecule has 0 bridgehead atoms. The molecule has 2 aromatic rings. The van der Waals surface area contributed by atoms with Crippen LogP contribution in [0, 0.1) is 25.2 Å². The third kappa shape index (κ3) is 2.75. The second kappa shape index (κ2) is 6.48. The van der Waals surface area contributed by atoms with Gasteiger partial charge in [0.2, 0.25) is 0 Å². The Balaban J connectivity index is 2.56. The predicted molar refractivity (Wildman–Crippen MR) is 90.6 cm³/mol.